The third-order valence-corrected chi connectivity index (χ3v) is 6.05. The minimum absolute atomic E-state index is 0. The first-order valence-electron chi connectivity index (χ1n) is 10.6. The summed E-state index contributed by atoms with van der Waals surface area (Å²) in [5.41, 5.74) is 6.25. The van der Waals surface area contributed by atoms with E-state index in [0.29, 0.717) is 19.1 Å². The smallest absolute Gasteiger partial charge is 0.224 e. The number of nitrogens with one attached hydrogen (secondary N) is 2. The molecule has 0 spiro atoms. The molecule has 1 heterocycles. The summed E-state index contributed by atoms with van der Waals surface area (Å²) in [6, 6.07) is 24.8. The van der Waals surface area contributed by atoms with E-state index in [2.05, 4.69) is 53.1 Å². The molecule has 1 aliphatic carbocycles. The molecule has 4 nitrogen and oxygen atoms in total. The van der Waals surface area contributed by atoms with Gasteiger partial charge in [-0.15, -0.1) is 12.4 Å². The molecule has 160 valence electrons. The summed E-state index contributed by atoms with van der Waals surface area (Å²) in [5, 5.41) is 6.47. The average molecular weight is 435 g/mol. The number of amides is 1. The Balaban J connectivity index is 0.00000231. The molecule has 5 rings (SSSR count). The summed E-state index contributed by atoms with van der Waals surface area (Å²) >= 11 is 0. The molecule has 1 amide bonds. The molecule has 0 aromatic heterocycles. The molecule has 31 heavy (non-hydrogen) atoms. The molecule has 2 unspecified atom stereocenters. The summed E-state index contributed by atoms with van der Waals surface area (Å²) in [7, 11) is 0. The SMILES string of the molecule is Cl.O=C(NCc1ccc2c(c1)CNC2)C1CC1c1ccc(OCc2ccccc2)cc1. The quantitative estimate of drug-likeness (QED) is 0.566. The van der Waals surface area contributed by atoms with Crippen LogP contribution in [0.3, 0.4) is 0 Å². The van der Waals surface area contributed by atoms with Gasteiger partial charge in [-0.3, -0.25) is 4.79 Å². The maximum atomic E-state index is 12.6. The Labute approximate surface area is 189 Å². The van der Waals surface area contributed by atoms with E-state index in [1.165, 1.54) is 22.3 Å². The first-order valence-corrected chi connectivity index (χ1v) is 10.6. The summed E-state index contributed by atoms with van der Waals surface area (Å²) in [6.07, 6.45) is 0.921. The fraction of sp³-hybridized carbons (Fsp3) is 0.269. The highest BCUT2D eigenvalue weighted by Gasteiger charge is 2.43. The summed E-state index contributed by atoms with van der Waals surface area (Å²) in [4.78, 5) is 12.6. The third kappa shape index (κ3) is 5.09. The van der Waals surface area contributed by atoms with Crippen LogP contribution in [0.4, 0.5) is 0 Å². The van der Waals surface area contributed by atoms with Gasteiger partial charge in [0.1, 0.15) is 12.4 Å². The Morgan fingerprint density at radius 1 is 0.935 bits per heavy atom. The van der Waals surface area contributed by atoms with Crippen molar-refractivity contribution in [2.24, 2.45) is 5.92 Å². The first kappa shape index (κ1) is 21.4. The largest absolute Gasteiger partial charge is 0.489 e. The molecular formula is C26H27ClN2O2. The summed E-state index contributed by atoms with van der Waals surface area (Å²) in [6.45, 7) is 3.03. The molecule has 2 N–H and O–H groups in total. The van der Waals surface area contributed by atoms with Crippen molar-refractivity contribution in [3.63, 3.8) is 0 Å². The van der Waals surface area contributed by atoms with Crippen LogP contribution >= 0.6 is 12.4 Å². The molecule has 1 saturated carbocycles. The topological polar surface area (TPSA) is 50.4 Å². The first-order chi connectivity index (χ1) is 14.8. The predicted octanol–water partition coefficient (Wildman–Crippen LogP) is 4.71. The van der Waals surface area contributed by atoms with Gasteiger partial charge >= 0.3 is 0 Å². The zero-order valence-electron chi connectivity index (χ0n) is 17.3. The number of halogens is 1. The van der Waals surface area contributed by atoms with Gasteiger partial charge < -0.3 is 15.4 Å². The van der Waals surface area contributed by atoms with Gasteiger partial charge in [0.25, 0.3) is 0 Å². The number of ether oxygens (including phenoxy) is 1. The number of fused-ring (bicyclic) bond motifs is 1. The molecule has 5 heteroatoms. The van der Waals surface area contributed by atoms with E-state index in [1.54, 1.807) is 0 Å². The van der Waals surface area contributed by atoms with Crippen LogP contribution < -0.4 is 15.4 Å². The second-order valence-electron chi connectivity index (χ2n) is 8.22. The molecule has 2 aliphatic rings. The highest BCUT2D eigenvalue weighted by Crippen LogP contribution is 2.47. The van der Waals surface area contributed by atoms with E-state index in [4.69, 9.17) is 4.74 Å². The molecule has 0 bridgehead atoms. The van der Waals surface area contributed by atoms with Crippen molar-refractivity contribution >= 4 is 18.3 Å². The highest BCUT2D eigenvalue weighted by atomic mass is 35.5. The standard InChI is InChI=1S/C26H26N2O2.ClH/c29-26(28-14-19-6-7-21-15-27-16-22(21)12-19)25-13-24(25)20-8-10-23(11-9-20)30-17-18-4-2-1-3-5-18;/h1-12,24-25,27H,13-17H2,(H,28,29);1H. The van der Waals surface area contributed by atoms with Crippen molar-refractivity contribution in [1.29, 1.82) is 0 Å². The monoisotopic (exact) mass is 434 g/mol. The molecule has 0 radical (unpaired) electrons. The highest BCUT2D eigenvalue weighted by molar-refractivity contribution is 5.85. The van der Waals surface area contributed by atoms with Crippen LogP contribution in [0.2, 0.25) is 0 Å². The zero-order chi connectivity index (χ0) is 20.3. The maximum absolute atomic E-state index is 12.6. The number of carbonyl (C=O) groups is 1. The normalized spacial score (nSPS) is 18.6. The van der Waals surface area contributed by atoms with Crippen molar-refractivity contribution in [2.75, 3.05) is 0 Å². The van der Waals surface area contributed by atoms with Crippen LogP contribution in [-0.4, -0.2) is 5.91 Å². The number of benzene rings is 3. The van der Waals surface area contributed by atoms with E-state index < -0.39 is 0 Å². The maximum Gasteiger partial charge on any atom is 0.224 e. The Bertz CT molecular complexity index is 1040. The van der Waals surface area contributed by atoms with Crippen molar-refractivity contribution < 1.29 is 9.53 Å². The van der Waals surface area contributed by atoms with Gasteiger partial charge in [-0.05, 0) is 52.3 Å². The van der Waals surface area contributed by atoms with Crippen LogP contribution in [0.1, 0.15) is 40.2 Å². The molecule has 0 saturated heterocycles. The van der Waals surface area contributed by atoms with Crippen LogP contribution in [0.25, 0.3) is 0 Å². The van der Waals surface area contributed by atoms with Crippen molar-refractivity contribution in [3.8, 4) is 5.75 Å². The molecular weight excluding hydrogens is 408 g/mol. The Hall–Kier alpha value is -2.82. The van der Waals surface area contributed by atoms with Gasteiger partial charge in [0.2, 0.25) is 5.91 Å². The van der Waals surface area contributed by atoms with Crippen LogP contribution in [-0.2, 0) is 31.0 Å². The van der Waals surface area contributed by atoms with E-state index in [1.807, 2.05) is 30.3 Å². The lowest BCUT2D eigenvalue weighted by atomic mass is 10.1. The molecule has 3 aromatic carbocycles. The second kappa shape index (κ2) is 9.54. The van der Waals surface area contributed by atoms with Crippen LogP contribution in [0, 0.1) is 5.92 Å². The number of carbonyl (C=O) groups excluding carboxylic acids is 1. The number of rotatable bonds is 7. The lowest BCUT2D eigenvalue weighted by molar-refractivity contribution is -0.122. The lowest BCUT2D eigenvalue weighted by Crippen LogP contribution is -2.24. The minimum atomic E-state index is 0. The van der Waals surface area contributed by atoms with Gasteiger partial charge in [-0.1, -0.05) is 60.7 Å². The summed E-state index contributed by atoms with van der Waals surface area (Å²) < 4.78 is 5.86. The van der Waals surface area contributed by atoms with E-state index >= 15 is 0 Å². The molecule has 2 atom stereocenters. The number of hydrogen-bond acceptors (Lipinski definition) is 3. The van der Waals surface area contributed by atoms with E-state index in [0.717, 1.165) is 30.8 Å². The van der Waals surface area contributed by atoms with Gasteiger partial charge in [0.15, 0.2) is 0 Å². The van der Waals surface area contributed by atoms with Crippen molar-refractivity contribution in [2.45, 2.75) is 38.6 Å². The predicted molar refractivity (Wildman–Crippen MR) is 124 cm³/mol. The fourth-order valence-corrected chi connectivity index (χ4v) is 4.18. The van der Waals surface area contributed by atoms with Crippen molar-refractivity contribution in [1.82, 2.24) is 10.6 Å². The van der Waals surface area contributed by atoms with E-state index in [9.17, 15) is 4.79 Å². The number of hydrogen-bond donors (Lipinski definition) is 2. The molecule has 1 fully saturated rings. The molecule has 3 aromatic rings. The van der Waals surface area contributed by atoms with Crippen LogP contribution in [0.5, 0.6) is 5.75 Å². The minimum Gasteiger partial charge on any atom is -0.489 e. The second-order valence-corrected chi connectivity index (χ2v) is 8.22. The van der Waals surface area contributed by atoms with Crippen molar-refractivity contribution in [3.05, 3.63) is 101 Å². The summed E-state index contributed by atoms with van der Waals surface area (Å²) in [5.74, 6) is 1.41. The van der Waals surface area contributed by atoms with Gasteiger partial charge in [-0.2, -0.15) is 0 Å². The third-order valence-electron chi connectivity index (χ3n) is 6.05. The Kier molecular flexibility index (Phi) is 6.59. The average Bonchev–Trinajstić information content (AvgIpc) is 3.46. The van der Waals surface area contributed by atoms with Gasteiger partial charge in [-0.25, -0.2) is 0 Å². The lowest BCUT2D eigenvalue weighted by Gasteiger charge is -2.08. The Morgan fingerprint density at radius 3 is 2.52 bits per heavy atom. The fourth-order valence-electron chi connectivity index (χ4n) is 4.18. The van der Waals surface area contributed by atoms with Crippen LogP contribution in [0.15, 0.2) is 72.8 Å². The van der Waals surface area contributed by atoms with Gasteiger partial charge in [0.05, 0.1) is 0 Å². The van der Waals surface area contributed by atoms with Gasteiger partial charge in [0, 0.05) is 25.6 Å². The Morgan fingerprint density at radius 2 is 1.71 bits per heavy atom. The zero-order valence-corrected chi connectivity index (χ0v) is 18.2. The molecule has 1 aliphatic heterocycles. The van der Waals surface area contributed by atoms with E-state index in [-0.39, 0.29) is 24.2 Å².